The number of aryl methyl sites for hydroxylation is 1. The molecule has 0 aliphatic carbocycles. The quantitative estimate of drug-likeness (QED) is 0.564. The molecule has 150 valence electrons. The molecule has 0 saturated carbocycles. The molecule has 1 amide bonds. The fourth-order valence-corrected chi connectivity index (χ4v) is 3.86. The maximum Gasteiger partial charge on any atom is 0.237 e. The van der Waals surface area contributed by atoms with Gasteiger partial charge >= 0.3 is 0 Å². The second-order valence-corrected chi connectivity index (χ2v) is 7.57. The summed E-state index contributed by atoms with van der Waals surface area (Å²) in [4.78, 5) is 12.7. The van der Waals surface area contributed by atoms with Crippen molar-refractivity contribution in [1.82, 2.24) is 10.6 Å². The Balaban J connectivity index is 1.52. The zero-order chi connectivity index (χ0) is 19.8. The van der Waals surface area contributed by atoms with Crippen molar-refractivity contribution in [3.63, 3.8) is 0 Å². The Morgan fingerprint density at radius 1 is 1.11 bits per heavy atom. The number of benzene rings is 2. The average molecular weight is 383 g/mol. The maximum absolute atomic E-state index is 12.7. The summed E-state index contributed by atoms with van der Waals surface area (Å²) in [5, 5.41) is 26.3. The Morgan fingerprint density at radius 3 is 2.46 bits per heavy atom. The van der Waals surface area contributed by atoms with Gasteiger partial charge in [0, 0.05) is 0 Å². The molecule has 0 radical (unpaired) electrons. The number of aliphatic hydroxyl groups is 2. The summed E-state index contributed by atoms with van der Waals surface area (Å²) in [6.07, 6.45) is 2.98. The molecule has 3 rings (SSSR count). The number of hydrogen-bond acceptors (Lipinski definition) is 4. The lowest BCUT2D eigenvalue weighted by atomic mass is 9.87. The minimum Gasteiger partial charge on any atom is -0.394 e. The number of carbonyl (C=O) groups excluding carboxylic acids is 1. The van der Waals surface area contributed by atoms with Crippen LogP contribution in [0.25, 0.3) is 0 Å². The lowest BCUT2D eigenvalue weighted by Gasteiger charge is -2.31. The van der Waals surface area contributed by atoms with Crippen molar-refractivity contribution in [2.75, 3.05) is 13.2 Å². The number of aliphatic hydroxyl groups excluding tert-OH is 2. The second-order valence-electron chi connectivity index (χ2n) is 7.57. The molecular weight excluding hydrogens is 352 g/mol. The summed E-state index contributed by atoms with van der Waals surface area (Å²) in [5.41, 5.74) is 2.01. The van der Waals surface area contributed by atoms with Gasteiger partial charge < -0.3 is 20.8 Å². The van der Waals surface area contributed by atoms with Crippen LogP contribution in [-0.2, 0) is 11.2 Å². The number of carbonyl (C=O) groups is 1. The minimum atomic E-state index is -0.937. The number of nitrogens with one attached hydrogen (secondary N) is 2. The lowest BCUT2D eigenvalue weighted by Crippen LogP contribution is -2.53. The van der Waals surface area contributed by atoms with E-state index >= 15 is 0 Å². The van der Waals surface area contributed by atoms with Gasteiger partial charge in [-0.1, -0.05) is 60.7 Å². The van der Waals surface area contributed by atoms with Crippen LogP contribution in [-0.4, -0.2) is 41.4 Å². The summed E-state index contributed by atoms with van der Waals surface area (Å²) in [5.74, 6) is 0.335. The molecule has 1 heterocycles. The highest BCUT2D eigenvalue weighted by Gasteiger charge is 2.30. The fourth-order valence-electron chi connectivity index (χ4n) is 3.86. The smallest absolute Gasteiger partial charge is 0.237 e. The molecule has 1 aliphatic rings. The fraction of sp³-hybridized carbons (Fsp3) is 0.435. The highest BCUT2D eigenvalue weighted by Crippen LogP contribution is 2.23. The monoisotopic (exact) mass is 382 g/mol. The summed E-state index contributed by atoms with van der Waals surface area (Å²) in [7, 11) is 0. The van der Waals surface area contributed by atoms with E-state index in [9.17, 15) is 15.0 Å². The number of rotatable bonds is 8. The van der Waals surface area contributed by atoms with Gasteiger partial charge in [0.25, 0.3) is 0 Å². The molecule has 2 aromatic rings. The van der Waals surface area contributed by atoms with E-state index in [2.05, 4.69) is 34.9 Å². The van der Waals surface area contributed by atoms with Gasteiger partial charge in [-0.2, -0.15) is 0 Å². The van der Waals surface area contributed by atoms with Gasteiger partial charge in [-0.15, -0.1) is 0 Å². The summed E-state index contributed by atoms with van der Waals surface area (Å²) in [6.45, 7) is 0.495. The number of piperidine rings is 1. The zero-order valence-corrected chi connectivity index (χ0v) is 16.1. The van der Waals surface area contributed by atoms with Gasteiger partial charge in [0.15, 0.2) is 0 Å². The van der Waals surface area contributed by atoms with E-state index in [0.29, 0.717) is 11.5 Å². The molecule has 4 atom stereocenters. The van der Waals surface area contributed by atoms with Gasteiger partial charge in [0.05, 0.1) is 18.7 Å². The molecule has 0 unspecified atom stereocenters. The SMILES string of the molecule is O=C(N[C@H](CO)[C@H](O)c1ccccc1)[C@@H]1C[C@H](CCc2ccccc2)CCN1. The summed E-state index contributed by atoms with van der Waals surface area (Å²) in [6, 6.07) is 18.5. The summed E-state index contributed by atoms with van der Waals surface area (Å²) < 4.78 is 0. The molecule has 4 N–H and O–H groups in total. The first kappa shape index (κ1) is 20.5. The topological polar surface area (TPSA) is 81.6 Å². The van der Waals surface area contributed by atoms with Crippen LogP contribution < -0.4 is 10.6 Å². The lowest BCUT2D eigenvalue weighted by molar-refractivity contribution is -0.126. The van der Waals surface area contributed by atoms with Crippen LogP contribution in [0.15, 0.2) is 60.7 Å². The molecule has 1 fully saturated rings. The Kier molecular flexibility index (Phi) is 7.60. The Labute approximate surface area is 166 Å². The van der Waals surface area contributed by atoms with Crippen molar-refractivity contribution in [2.24, 2.45) is 5.92 Å². The van der Waals surface area contributed by atoms with E-state index in [1.54, 1.807) is 12.1 Å². The maximum atomic E-state index is 12.7. The van der Waals surface area contributed by atoms with Gasteiger partial charge in [-0.05, 0) is 49.3 Å². The van der Waals surface area contributed by atoms with Crippen molar-refractivity contribution in [2.45, 2.75) is 43.9 Å². The number of amides is 1. The average Bonchev–Trinajstić information content (AvgIpc) is 2.77. The van der Waals surface area contributed by atoms with Gasteiger partial charge in [-0.3, -0.25) is 4.79 Å². The van der Waals surface area contributed by atoms with Crippen molar-refractivity contribution >= 4 is 5.91 Å². The largest absolute Gasteiger partial charge is 0.394 e. The molecule has 0 spiro atoms. The van der Waals surface area contributed by atoms with E-state index in [1.165, 1.54) is 5.56 Å². The first-order chi connectivity index (χ1) is 13.7. The van der Waals surface area contributed by atoms with Crippen LogP contribution in [0.2, 0.25) is 0 Å². The van der Waals surface area contributed by atoms with E-state index in [4.69, 9.17) is 0 Å². The Morgan fingerprint density at radius 2 is 1.79 bits per heavy atom. The standard InChI is InChI=1S/C23H30N2O3/c26-16-21(22(27)19-9-5-2-6-10-19)25-23(28)20-15-18(13-14-24-20)12-11-17-7-3-1-4-8-17/h1-10,18,20-22,24,26-27H,11-16H2,(H,25,28)/t18-,20+,21-,22-/m1/s1. The van der Waals surface area contributed by atoms with Crippen LogP contribution in [0.3, 0.4) is 0 Å². The van der Waals surface area contributed by atoms with E-state index in [1.807, 2.05) is 24.3 Å². The Bertz CT molecular complexity index is 723. The van der Waals surface area contributed by atoms with E-state index in [0.717, 1.165) is 32.2 Å². The third-order valence-corrected chi connectivity index (χ3v) is 5.56. The third kappa shape index (κ3) is 5.64. The first-order valence-corrected chi connectivity index (χ1v) is 10.1. The predicted octanol–water partition coefficient (Wildman–Crippen LogP) is 2.20. The molecule has 0 aromatic heterocycles. The van der Waals surface area contributed by atoms with Crippen molar-refractivity contribution < 1.29 is 15.0 Å². The van der Waals surface area contributed by atoms with Crippen LogP contribution >= 0.6 is 0 Å². The van der Waals surface area contributed by atoms with Gasteiger partial charge in [0.2, 0.25) is 5.91 Å². The normalized spacial score (nSPS) is 21.6. The van der Waals surface area contributed by atoms with Crippen LogP contribution in [0, 0.1) is 5.92 Å². The molecule has 2 aromatic carbocycles. The highest BCUT2D eigenvalue weighted by atomic mass is 16.3. The van der Waals surface area contributed by atoms with E-state index < -0.39 is 12.1 Å². The third-order valence-electron chi connectivity index (χ3n) is 5.56. The van der Waals surface area contributed by atoms with Crippen molar-refractivity contribution in [1.29, 1.82) is 0 Å². The summed E-state index contributed by atoms with van der Waals surface area (Å²) >= 11 is 0. The second kappa shape index (κ2) is 10.4. The molecule has 5 heteroatoms. The molecule has 28 heavy (non-hydrogen) atoms. The van der Waals surface area contributed by atoms with Gasteiger partial charge in [-0.25, -0.2) is 0 Å². The molecular formula is C23H30N2O3. The highest BCUT2D eigenvalue weighted by molar-refractivity contribution is 5.82. The predicted molar refractivity (Wildman–Crippen MR) is 110 cm³/mol. The van der Waals surface area contributed by atoms with Crippen molar-refractivity contribution in [3.8, 4) is 0 Å². The molecule has 1 saturated heterocycles. The van der Waals surface area contributed by atoms with E-state index in [-0.39, 0.29) is 18.6 Å². The van der Waals surface area contributed by atoms with Crippen LogP contribution in [0.1, 0.15) is 36.5 Å². The van der Waals surface area contributed by atoms with Crippen LogP contribution in [0.4, 0.5) is 0 Å². The van der Waals surface area contributed by atoms with Crippen molar-refractivity contribution in [3.05, 3.63) is 71.8 Å². The number of hydrogen-bond donors (Lipinski definition) is 4. The minimum absolute atomic E-state index is 0.154. The van der Waals surface area contributed by atoms with Crippen LogP contribution in [0.5, 0.6) is 0 Å². The Hall–Kier alpha value is -2.21. The first-order valence-electron chi connectivity index (χ1n) is 10.1. The molecule has 1 aliphatic heterocycles. The molecule has 5 nitrogen and oxygen atoms in total. The molecule has 0 bridgehead atoms. The zero-order valence-electron chi connectivity index (χ0n) is 16.1. The van der Waals surface area contributed by atoms with Gasteiger partial charge in [0.1, 0.15) is 6.10 Å².